The number of nitrogen functional groups attached to an aromatic ring is 1. The monoisotopic (exact) mass is 236 g/mol. The molecule has 1 fully saturated rings. The van der Waals surface area contributed by atoms with E-state index in [0.717, 1.165) is 12.8 Å². The number of nitrogens with zero attached hydrogens (tertiary/aromatic N) is 1. The number of esters is 1. The van der Waals surface area contributed by atoms with Crippen LogP contribution in [0.15, 0.2) is 18.3 Å². The Morgan fingerprint density at radius 1 is 1.47 bits per heavy atom. The molecule has 2 unspecified atom stereocenters. The first-order valence-electron chi connectivity index (χ1n) is 5.65. The lowest BCUT2D eigenvalue weighted by molar-refractivity contribution is -0.145. The van der Waals surface area contributed by atoms with Crippen LogP contribution in [-0.2, 0) is 9.53 Å². The van der Waals surface area contributed by atoms with E-state index in [1.165, 1.54) is 7.11 Å². The van der Waals surface area contributed by atoms with Gasteiger partial charge in [-0.25, -0.2) is 4.98 Å². The highest BCUT2D eigenvalue weighted by Gasteiger charge is 2.31. The zero-order valence-corrected chi connectivity index (χ0v) is 9.76. The number of hydrogen-bond donors (Lipinski definition) is 1. The smallest absolute Gasteiger partial charge is 0.308 e. The molecule has 1 aromatic heterocycles. The Kier molecular flexibility index (Phi) is 3.46. The van der Waals surface area contributed by atoms with E-state index in [1.807, 2.05) is 0 Å². The number of anilines is 1. The molecule has 1 heterocycles. The number of pyridine rings is 1. The van der Waals surface area contributed by atoms with Crippen LogP contribution >= 0.6 is 0 Å². The molecule has 1 aromatic rings. The van der Waals surface area contributed by atoms with E-state index in [1.54, 1.807) is 18.3 Å². The van der Waals surface area contributed by atoms with Crippen molar-refractivity contribution in [1.82, 2.24) is 4.98 Å². The summed E-state index contributed by atoms with van der Waals surface area (Å²) >= 11 is 0. The summed E-state index contributed by atoms with van der Waals surface area (Å²) in [5.41, 5.74) is 6.14. The van der Waals surface area contributed by atoms with Crippen molar-refractivity contribution in [3.8, 4) is 5.88 Å². The van der Waals surface area contributed by atoms with Gasteiger partial charge in [-0.15, -0.1) is 0 Å². The molecule has 92 valence electrons. The van der Waals surface area contributed by atoms with Crippen LogP contribution in [0, 0.1) is 5.92 Å². The number of aromatic nitrogens is 1. The predicted octanol–water partition coefficient (Wildman–Crippen LogP) is 1.38. The van der Waals surface area contributed by atoms with Gasteiger partial charge >= 0.3 is 5.97 Å². The van der Waals surface area contributed by atoms with E-state index < -0.39 is 0 Å². The lowest BCUT2D eigenvalue weighted by Crippen LogP contribution is -2.17. The van der Waals surface area contributed by atoms with Crippen LogP contribution in [0.25, 0.3) is 0 Å². The van der Waals surface area contributed by atoms with Crippen LogP contribution in [0.2, 0.25) is 0 Å². The zero-order valence-electron chi connectivity index (χ0n) is 9.76. The minimum Gasteiger partial charge on any atom is -0.474 e. The van der Waals surface area contributed by atoms with Crippen molar-refractivity contribution in [2.75, 3.05) is 12.8 Å². The fourth-order valence-electron chi connectivity index (χ4n) is 2.06. The molecule has 17 heavy (non-hydrogen) atoms. The van der Waals surface area contributed by atoms with Crippen molar-refractivity contribution in [3.63, 3.8) is 0 Å². The van der Waals surface area contributed by atoms with E-state index in [4.69, 9.17) is 15.2 Å². The number of hydrogen-bond acceptors (Lipinski definition) is 5. The number of rotatable bonds is 3. The summed E-state index contributed by atoms with van der Waals surface area (Å²) in [6.45, 7) is 0. The fourth-order valence-corrected chi connectivity index (χ4v) is 2.06. The van der Waals surface area contributed by atoms with Crippen LogP contribution in [-0.4, -0.2) is 24.2 Å². The molecule has 0 amide bonds. The van der Waals surface area contributed by atoms with E-state index in [2.05, 4.69) is 4.98 Å². The van der Waals surface area contributed by atoms with Gasteiger partial charge in [0.05, 0.1) is 24.9 Å². The van der Waals surface area contributed by atoms with Gasteiger partial charge in [0.1, 0.15) is 6.10 Å². The Bertz CT molecular complexity index is 391. The molecule has 5 nitrogen and oxygen atoms in total. The first-order valence-corrected chi connectivity index (χ1v) is 5.65. The molecule has 0 aromatic carbocycles. The van der Waals surface area contributed by atoms with Crippen LogP contribution < -0.4 is 10.5 Å². The van der Waals surface area contributed by atoms with E-state index in [-0.39, 0.29) is 18.0 Å². The Morgan fingerprint density at radius 3 is 2.94 bits per heavy atom. The summed E-state index contributed by atoms with van der Waals surface area (Å²) in [5.74, 6) is 0.356. The summed E-state index contributed by atoms with van der Waals surface area (Å²) in [4.78, 5) is 15.4. The number of nitrogens with two attached hydrogens (primary N) is 1. The molecule has 0 bridgehead atoms. The number of methoxy groups -OCH3 is 1. The van der Waals surface area contributed by atoms with E-state index in [9.17, 15) is 4.79 Å². The second-order valence-corrected chi connectivity index (χ2v) is 4.20. The maximum atomic E-state index is 11.3. The lowest BCUT2D eigenvalue weighted by Gasteiger charge is -2.12. The summed E-state index contributed by atoms with van der Waals surface area (Å²) in [5, 5.41) is 0. The van der Waals surface area contributed by atoms with Crippen LogP contribution in [0.3, 0.4) is 0 Å². The molecule has 1 saturated carbocycles. The maximum Gasteiger partial charge on any atom is 0.308 e. The molecule has 0 aliphatic heterocycles. The second kappa shape index (κ2) is 5.03. The molecule has 5 heteroatoms. The van der Waals surface area contributed by atoms with Crippen LogP contribution in [0.5, 0.6) is 5.88 Å². The molecular formula is C12H16N2O3. The highest BCUT2D eigenvalue weighted by molar-refractivity contribution is 5.72. The van der Waals surface area contributed by atoms with Crippen molar-refractivity contribution >= 4 is 11.7 Å². The molecular weight excluding hydrogens is 220 g/mol. The van der Waals surface area contributed by atoms with Gasteiger partial charge in [-0.1, -0.05) is 0 Å². The highest BCUT2D eigenvalue weighted by atomic mass is 16.5. The first-order chi connectivity index (χ1) is 8.19. The van der Waals surface area contributed by atoms with Crippen molar-refractivity contribution in [1.29, 1.82) is 0 Å². The third-order valence-corrected chi connectivity index (χ3v) is 2.97. The SMILES string of the molecule is COC(=O)C1CCC(Oc2ccc(N)cn2)C1. The highest BCUT2D eigenvalue weighted by Crippen LogP contribution is 2.29. The molecule has 0 radical (unpaired) electrons. The van der Waals surface area contributed by atoms with Crippen molar-refractivity contribution < 1.29 is 14.3 Å². The average Bonchev–Trinajstić information content (AvgIpc) is 2.80. The predicted molar refractivity (Wildman–Crippen MR) is 62.4 cm³/mol. The van der Waals surface area contributed by atoms with Crippen molar-refractivity contribution in [2.24, 2.45) is 5.92 Å². The number of ether oxygens (including phenoxy) is 2. The summed E-state index contributed by atoms with van der Waals surface area (Å²) in [6.07, 6.45) is 3.95. The summed E-state index contributed by atoms with van der Waals surface area (Å²) < 4.78 is 10.4. The molecule has 0 saturated heterocycles. The molecule has 1 aliphatic rings. The van der Waals surface area contributed by atoms with Gasteiger partial charge in [0.2, 0.25) is 5.88 Å². The second-order valence-electron chi connectivity index (χ2n) is 4.20. The summed E-state index contributed by atoms with van der Waals surface area (Å²) in [7, 11) is 1.41. The van der Waals surface area contributed by atoms with Gasteiger partial charge in [-0.2, -0.15) is 0 Å². The lowest BCUT2D eigenvalue weighted by atomic mass is 10.1. The number of carbonyl (C=O) groups excluding carboxylic acids is 1. The molecule has 2 rings (SSSR count). The van der Waals surface area contributed by atoms with Gasteiger partial charge in [-0.3, -0.25) is 4.79 Å². The third-order valence-electron chi connectivity index (χ3n) is 2.97. The minimum absolute atomic E-state index is 0.0372. The minimum atomic E-state index is -0.152. The molecule has 1 aliphatic carbocycles. The topological polar surface area (TPSA) is 74.4 Å². The maximum absolute atomic E-state index is 11.3. The Labute approximate surface area is 99.9 Å². The van der Waals surface area contributed by atoms with E-state index in [0.29, 0.717) is 18.0 Å². The van der Waals surface area contributed by atoms with Gasteiger partial charge in [0.15, 0.2) is 0 Å². The third kappa shape index (κ3) is 2.87. The molecule has 0 spiro atoms. The van der Waals surface area contributed by atoms with Gasteiger partial charge in [0.25, 0.3) is 0 Å². The standard InChI is InChI=1S/C12H16N2O3/c1-16-12(15)8-2-4-10(6-8)17-11-5-3-9(13)7-14-11/h3,5,7-8,10H,2,4,6,13H2,1H3. The van der Waals surface area contributed by atoms with Gasteiger partial charge in [0, 0.05) is 6.07 Å². The molecule has 2 atom stereocenters. The van der Waals surface area contributed by atoms with Crippen LogP contribution in [0.1, 0.15) is 19.3 Å². The Morgan fingerprint density at radius 2 is 2.29 bits per heavy atom. The van der Waals surface area contributed by atoms with Crippen molar-refractivity contribution in [2.45, 2.75) is 25.4 Å². The average molecular weight is 236 g/mol. The fraction of sp³-hybridized carbons (Fsp3) is 0.500. The van der Waals surface area contributed by atoms with E-state index >= 15 is 0 Å². The normalized spacial score (nSPS) is 23.4. The Balaban J connectivity index is 1.89. The zero-order chi connectivity index (χ0) is 12.3. The van der Waals surface area contributed by atoms with Crippen molar-refractivity contribution in [3.05, 3.63) is 18.3 Å². The Hall–Kier alpha value is -1.78. The first kappa shape index (κ1) is 11.7. The van der Waals surface area contributed by atoms with Gasteiger partial charge in [-0.05, 0) is 25.3 Å². The quantitative estimate of drug-likeness (QED) is 0.802. The molecule has 2 N–H and O–H groups in total. The number of carbonyl (C=O) groups is 1. The summed E-state index contributed by atoms with van der Waals surface area (Å²) in [6, 6.07) is 3.48. The van der Waals surface area contributed by atoms with Crippen LogP contribution in [0.4, 0.5) is 5.69 Å². The largest absolute Gasteiger partial charge is 0.474 e. The van der Waals surface area contributed by atoms with Gasteiger partial charge < -0.3 is 15.2 Å².